The minimum atomic E-state index is 0.573. The molecule has 0 atom stereocenters. The van der Waals surface area contributed by atoms with Gasteiger partial charge in [-0.05, 0) is 43.0 Å². The van der Waals surface area contributed by atoms with Crippen molar-refractivity contribution in [2.45, 2.75) is 33.7 Å². The van der Waals surface area contributed by atoms with Gasteiger partial charge in [0, 0.05) is 19.5 Å². The van der Waals surface area contributed by atoms with Gasteiger partial charge in [-0.2, -0.15) is 5.26 Å². The largest absolute Gasteiger partial charge is 0.312 e. The number of nitrogens with one attached hydrogen (secondary N) is 1. The zero-order valence-corrected chi connectivity index (χ0v) is 9.72. The number of benzene rings is 1. The molecular weight excluding hydrogens is 184 g/mol. The molecule has 0 fully saturated rings. The van der Waals surface area contributed by atoms with Gasteiger partial charge in [0.2, 0.25) is 0 Å². The van der Waals surface area contributed by atoms with E-state index in [1.807, 2.05) is 0 Å². The van der Waals surface area contributed by atoms with Crippen LogP contribution < -0.4 is 5.32 Å². The fraction of sp³-hybridized carbons (Fsp3) is 0.462. The van der Waals surface area contributed by atoms with Crippen LogP contribution >= 0.6 is 0 Å². The molecule has 0 radical (unpaired) electrons. The van der Waals surface area contributed by atoms with Crippen LogP contribution in [0, 0.1) is 32.1 Å². The summed E-state index contributed by atoms with van der Waals surface area (Å²) in [6, 6.07) is 6.45. The summed E-state index contributed by atoms with van der Waals surface area (Å²) in [5.74, 6) is 0. The number of rotatable bonds is 4. The van der Waals surface area contributed by atoms with Gasteiger partial charge in [0.05, 0.1) is 6.07 Å². The van der Waals surface area contributed by atoms with Gasteiger partial charge in [-0.1, -0.05) is 12.1 Å². The third-order valence-corrected chi connectivity index (χ3v) is 2.90. The third-order valence-electron chi connectivity index (χ3n) is 2.90. The molecule has 80 valence electrons. The number of nitrogens with zero attached hydrogens (tertiary/aromatic N) is 1. The van der Waals surface area contributed by atoms with Crippen molar-refractivity contribution in [3.8, 4) is 6.07 Å². The summed E-state index contributed by atoms with van der Waals surface area (Å²) in [4.78, 5) is 0. The Kier molecular flexibility index (Phi) is 4.33. The van der Waals surface area contributed by atoms with Crippen molar-refractivity contribution < 1.29 is 0 Å². The molecule has 1 aromatic rings. The highest BCUT2D eigenvalue weighted by Gasteiger charge is 2.02. The molecule has 15 heavy (non-hydrogen) atoms. The van der Waals surface area contributed by atoms with E-state index in [0.29, 0.717) is 6.42 Å². The normalized spacial score (nSPS) is 10.0. The topological polar surface area (TPSA) is 35.8 Å². The Morgan fingerprint density at radius 3 is 2.60 bits per heavy atom. The summed E-state index contributed by atoms with van der Waals surface area (Å²) in [6.07, 6.45) is 0.573. The molecule has 2 heteroatoms. The van der Waals surface area contributed by atoms with E-state index in [9.17, 15) is 0 Å². The van der Waals surface area contributed by atoms with E-state index in [1.165, 1.54) is 22.3 Å². The third kappa shape index (κ3) is 3.07. The van der Waals surface area contributed by atoms with Gasteiger partial charge in [0.15, 0.2) is 0 Å². The second-order valence-corrected chi connectivity index (χ2v) is 3.88. The highest BCUT2D eigenvalue weighted by atomic mass is 14.8. The first-order chi connectivity index (χ1) is 7.16. The SMILES string of the molecule is Cc1ccc(CNCCC#N)c(C)c1C. The summed E-state index contributed by atoms with van der Waals surface area (Å²) < 4.78 is 0. The van der Waals surface area contributed by atoms with E-state index >= 15 is 0 Å². The van der Waals surface area contributed by atoms with Gasteiger partial charge in [0.25, 0.3) is 0 Å². The average Bonchev–Trinajstić information content (AvgIpc) is 2.24. The van der Waals surface area contributed by atoms with Gasteiger partial charge >= 0.3 is 0 Å². The minimum Gasteiger partial charge on any atom is -0.312 e. The molecule has 0 saturated carbocycles. The van der Waals surface area contributed by atoms with Gasteiger partial charge in [-0.25, -0.2) is 0 Å². The molecule has 0 amide bonds. The van der Waals surface area contributed by atoms with Gasteiger partial charge < -0.3 is 5.32 Å². The van der Waals surface area contributed by atoms with Crippen LogP contribution in [0.4, 0.5) is 0 Å². The second kappa shape index (κ2) is 5.53. The van der Waals surface area contributed by atoms with E-state index in [0.717, 1.165) is 13.1 Å². The lowest BCUT2D eigenvalue weighted by atomic mass is 9.99. The summed E-state index contributed by atoms with van der Waals surface area (Å²) in [5.41, 5.74) is 5.40. The number of nitriles is 1. The Morgan fingerprint density at radius 2 is 1.93 bits per heavy atom. The maximum Gasteiger partial charge on any atom is 0.0635 e. The quantitative estimate of drug-likeness (QED) is 0.762. The molecule has 0 aliphatic rings. The van der Waals surface area contributed by atoms with Crippen molar-refractivity contribution >= 4 is 0 Å². The Morgan fingerprint density at radius 1 is 1.20 bits per heavy atom. The van der Waals surface area contributed by atoms with Crippen LogP contribution in [0.5, 0.6) is 0 Å². The molecule has 0 aromatic heterocycles. The van der Waals surface area contributed by atoms with Crippen LogP contribution in [0.1, 0.15) is 28.7 Å². The van der Waals surface area contributed by atoms with Crippen LogP contribution in [-0.2, 0) is 6.54 Å². The van der Waals surface area contributed by atoms with Crippen LogP contribution in [0.3, 0.4) is 0 Å². The van der Waals surface area contributed by atoms with Crippen LogP contribution in [0.25, 0.3) is 0 Å². The average molecular weight is 202 g/mol. The fourth-order valence-corrected chi connectivity index (χ4v) is 1.57. The van der Waals surface area contributed by atoms with Crippen LogP contribution in [0.15, 0.2) is 12.1 Å². The van der Waals surface area contributed by atoms with Crippen molar-refractivity contribution in [3.63, 3.8) is 0 Å². The molecule has 0 bridgehead atoms. The summed E-state index contributed by atoms with van der Waals surface area (Å²) in [5, 5.41) is 11.7. The molecule has 0 aliphatic carbocycles. The fourth-order valence-electron chi connectivity index (χ4n) is 1.57. The molecule has 1 N–H and O–H groups in total. The lowest BCUT2D eigenvalue weighted by Gasteiger charge is -2.11. The highest BCUT2D eigenvalue weighted by Crippen LogP contribution is 2.16. The molecule has 1 aromatic carbocycles. The predicted octanol–water partition coefficient (Wildman–Crippen LogP) is 2.62. The van der Waals surface area contributed by atoms with Gasteiger partial charge in [0.1, 0.15) is 0 Å². The minimum absolute atomic E-state index is 0.573. The lowest BCUT2D eigenvalue weighted by Crippen LogP contribution is -2.15. The molecule has 0 aliphatic heterocycles. The van der Waals surface area contributed by atoms with Crippen LogP contribution in [-0.4, -0.2) is 6.54 Å². The molecular formula is C13H18N2. The van der Waals surface area contributed by atoms with Gasteiger partial charge in [-0.3, -0.25) is 0 Å². The first-order valence-corrected chi connectivity index (χ1v) is 5.30. The lowest BCUT2D eigenvalue weighted by molar-refractivity contribution is 0.695. The Labute approximate surface area is 91.9 Å². The molecule has 0 saturated heterocycles. The molecule has 1 rings (SSSR count). The van der Waals surface area contributed by atoms with Crippen molar-refractivity contribution in [1.82, 2.24) is 5.32 Å². The second-order valence-electron chi connectivity index (χ2n) is 3.88. The molecule has 0 heterocycles. The first-order valence-electron chi connectivity index (χ1n) is 5.30. The zero-order valence-electron chi connectivity index (χ0n) is 9.72. The van der Waals surface area contributed by atoms with Crippen molar-refractivity contribution in [3.05, 3.63) is 34.4 Å². The Balaban J connectivity index is 2.63. The zero-order chi connectivity index (χ0) is 11.3. The molecule has 2 nitrogen and oxygen atoms in total. The van der Waals surface area contributed by atoms with Gasteiger partial charge in [-0.15, -0.1) is 0 Å². The van der Waals surface area contributed by atoms with E-state index in [1.54, 1.807) is 0 Å². The summed E-state index contributed by atoms with van der Waals surface area (Å²) in [7, 11) is 0. The standard InChI is InChI=1S/C13H18N2/c1-10-5-6-13(12(3)11(10)2)9-15-8-4-7-14/h5-6,15H,4,8-9H2,1-3H3. The molecule has 0 spiro atoms. The van der Waals surface area contributed by atoms with Crippen molar-refractivity contribution in [2.24, 2.45) is 0 Å². The maximum atomic E-state index is 8.41. The maximum absolute atomic E-state index is 8.41. The van der Waals surface area contributed by atoms with Crippen LogP contribution in [0.2, 0.25) is 0 Å². The molecule has 0 unspecified atom stereocenters. The van der Waals surface area contributed by atoms with E-state index < -0.39 is 0 Å². The summed E-state index contributed by atoms with van der Waals surface area (Å²) >= 11 is 0. The predicted molar refractivity (Wildman–Crippen MR) is 62.6 cm³/mol. The van der Waals surface area contributed by atoms with Crippen molar-refractivity contribution in [1.29, 1.82) is 5.26 Å². The highest BCUT2D eigenvalue weighted by molar-refractivity contribution is 5.38. The monoisotopic (exact) mass is 202 g/mol. The number of hydrogen-bond acceptors (Lipinski definition) is 2. The first kappa shape index (κ1) is 11.7. The number of aryl methyl sites for hydroxylation is 1. The van der Waals surface area contributed by atoms with Crippen molar-refractivity contribution in [2.75, 3.05) is 6.54 Å². The summed E-state index contributed by atoms with van der Waals surface area (Å²) in [6.45, 7) is 8.07. The Bertz CT molecular complexity index is 375. The number of hydrogen-bond donors (Lipinski definition) is 1. The smallest absolute Gasteiger partial charge is 0.0635 e. The van der Waals surface area contributed by atoms with E-state index in [-0.39, 0.29) is 0 Å². The van der Waals surface area contributed by atoms with E-state index in [4.69, 9.17) is 5.26 Å². The Hall–Kier alpha value is -1.33. The van der Waals surface area contributed by atoms with E-state index in [2.05, 4.69) is 44.3 Å².